The molecule has 1 unspecified atom stereocenters. The van der Waals surface area contributed by atoms with E-state index < -0.39 is 56.7 Å². The van der Waals surface area contributed by atoms with E-state index in [9.17, 15) is 17.6 Å². The minimum atomic E-state index is -5.15. The highest BCUT2D eigenvalue weighted by Crippen LogP contribution is 2.34. The van der Waals surface area contributed by atoms with Crippen molar-refractivity contribution in [3.63, 3.8) is 0 Å². The molecule has 140 valence electrons. The summed E-state index contributed by atoms with van der Waals surface area (Å²) in [5.41, 5.74) is -0.170. The summed E-state index contributed by atoms with van der Waals surface area (Å²) in [7, 11) is -5.15. The van der Waals surface area contributed by atoms with Crippen molar-refractivity contribution in [3.8, 4) is 0 Å². The van der Waals surface area contributed by atoms with Gasteiger partial charge in [0.1, 0.15) is 11.8 Å². The SMILES string of the molecule is [2H]C1[C@]([2H])(c2ccc(Br)s2)NS(=O)(=O)N(C([2H])([2H])[2H])[C@]1([2H])C(=O)Nc1ccc(F)c(Cl)c1. The molecule has 2 aromatic rings. The number of carbonyl (C=O) groups is 1. The quantitative estimate of drug-likeness (QED) is 0.694. The van der Waals surface area contributed by atoms with Crippen LogP contribution in [0, 0.1) is 5.82 Å². The Bertz CT molecular complexity index is 1190. The summed E-state index contributed by atoms with van der Waals surface area (Å²) >= 11 is 9.70. The lowest BCUT2D eigenvalue weighted by atomic mass is 10.1. The van der Waals surface area contributed by atoms with Crippen LogP contribution in [0.25, 0.3) is 0 Å². The molecule has 0 aliphatic carbocycles. The third kappa shape index (κ3) is 4.10. The number of thiophene rings is 1. The van der Waals surface area contributed by atoms with Crippen molar-refractivity contribution in [3.05, 3.63) is 49.8 Å². The van der Waals surface area contributed by atoms with E-state index in [0.717, 1.165) is 29.5 Å². The van der Waals surface area contributed by atoms with Crippen LogP contribution in [0.2, 0.25) is 5.02 Å². The minimum absolute atomic E-state index is 0.0487. The molecule has 1 aliphatic heterocycles. The molecule has 1 aromatic carbocycles. The van der Waals surface area contributed by atoms with Gasteiger partial charge in [-0.1, -0.05) is 11.6 Å². The molecule has 11 heteroatoms. The predicted octanol–water partition coefficient (Wildman–Crippen LogP) is 3.52. The zero-order chi connectivity index (χ0) is 24.3. The second-order valence-corrected chi connectivity index (χ2v) is 9.39. The van der Waals surface area contributed by atoms with Gasteiger partial charge in [0.25, 0.3) is 10.2 Å². The zero-order valence-corrected chi connectivity index (χ0v) is 16.6. The molecule has 0 spiro atoms. The Balaban J connectivity index is 2.17. The van der Waals surface area contributed by atoms with E-state index in [1.54, 1.807) is 0 Å². The summed E-state index contributed by atoms with van der Waals surface area (Å²) in [6.45, 7) is -3.55. The van der Waals surface area contributed by atoms with Crippen molar-refractivity contribution in [1.29, 1.82) is 0 Å². The van der Waals surface area contributed by atoms with Crippen molar-refractivity contribution in [2.75, 3.05) is 12.3 Å². The minimum Gasteiger partial charge on any atom is -0.325 e. The molecular weight excluding hydrogens is 469 g/mol. The molecule has 6 nitrogen and oxygen atoms in total. The van der Waals surface area contributed by atoms with Crippen molar-refractivity contribution in [2.45, 2.75) is 18.4 Å². The van der Waals surface area contributed by atoms with Gasteiger partial charge in [-0.25, -0.2) is 4.39 Å². The number of hydrogen-bond acceptors (Lipinski definition) is 4. The molecule has 1 aromatic heterocycles. The summed E-state index contributed by atoms with van der Waals surface area (Å²) in [6.07, 6.45) is -2.28. The zero-order valence-electron chi connectivity index (χ0n) is 18.6. The van der Waals surface area contributed by atoms with Crippen molar-refractivity contribution >= 4 is 60.7 Å². The first-order valence-corrected chi connectivity index (χ1v) is 10.3. The van der Waals surface area contributed by atoms with E-state index in [4.69, 9.17) is 19.8 Å². The third-order valence-electron chi connectivity index (χ3n) is 3.23. The Morgan fingerprint density at radius 1 is 1.58 bits per heavy atom. The van der Waals surface area contributed by atoms with Gasteiger partial charge in [0.05, 0.1) is 17.6 Å². The van der Waals surface area contributed by atoms with Crippen LogP contribution < -0.4 is 10.0 Å². The number of rotatable bonds is 3. The van der Waals surface area contributed by atoms with Gasteiger partial charge in [-0.2, -0.15) is 17.4 Å². The second-order valence-electron chi connectivity index (χ2n) is 5.00. The molecule has 0 bridgehead atoms. The van der Waals surface area contributed by atoms with Crippen LogP contribution in [0.5, 0.6) is 0 Å². The highest BCUT2D eigenvalue weighted by atomic mass is 79.9. The van der Waals surface area contributed by atoms with Crippen molar-refractivity contribution < 1.29 is 25.8 Å². The lowest BCUT2D eigenvalue weighted by Gasteiger charge is -2.35. The Hall–Kier alpha value is -1.04. The number of amides is 1. The normalized spacial score (nSPS) is 35.3. The van der Waals surface area contributed by atoms with Gasteiger partial charge < -0.3 is 5.32 Å². The highest BCUT2D eigenvalue weighted by Gasteiger charge is 2.41. The molecular formula is C15H14BrClFN3O3S2. The van der Waals surface area contributed by atoms with Crippen LogP contribution >= 0.6 is 38.9 Å². The molecule has 1 aliphatic rings. The fourth-order valence-electron chi connectivity index (χ4n) is 2.05. The van der Waals surface area contributed by atoms with Crippen LogP contribution in [-0.2, 0) is 15.0 Å². The molecule has 0 saturated carbocycles. The topological polar surface area (TPSA) is 78.5 Å². The number of hydrogen-bond donors (Lipinski definition) is 2. The third-order valence-corrected chi connectivity index (χ3v) is 6.33. The van der Waals surface area contributed by atoms with E-state index in [-0.39, 0.29) is 10.6 Å². The molecule has 0 radical (unpaired) electrons. The summed E-state index contributed by atoms with van der Waals surface area (Å²) < 4.78 is 89.9. The number of halogens is 3. The van der Waals surface area contributed by atoms with Crippen LogP contribution in [0.3, 0.4) is 0 Å². The standard InChI is InChI=1S/C15H14BrClFN3O3S2/c1-21-12(15(22)19-8-2-3-10(18)9(17)6-8)7-11(20-26(21,23)24)13-4-5-14(16)25-13/h2-6,11-12,20H,7H2,1H3,(H,19,22)/t11-,12+/m1/s1/i1D3,7D,11D,12D/t7?,11-,12+. The molecule has 26 heavy (non-hydrogen) atoms. The van der Waals surface area contributed by atoms with Crippen LogP contribution in [0.4, 0.5) is 10.1 Å². The van der Waals surface area contributed by atoms with Crippen LogP contribution in [0.15, 0.2) is 34.1 Å². The first-order valence-electron chi connectivity index (χ1n) is 9.90. The average Bonchev–Trinajstić information content (AvgIpc) is 3.08. The molecule has 3 rings (SSSR count). The molecule has 2 heterocycles. The Morgan fingerprint density at radius 2 is 2.35 bits per heavy atom. The smallest absolute Gasteiger partial charge is 0.280 e. The summed E-state index contributed by atoms with van der Waals surface area (Å²) in [6, 6.07) is -0.192. The van der Waals surface area contributed by atoms with Gasteiger partial charge in [-0.3, -0.25) is 4.79 Å². The fraction of sp³-hybridized carbons (Fsp3) is 0.267. The number of nitrogens with zero attached hydrogens (tertiary/aromatic N) is 1. The van der Waals surface area contributed by atoms with Crippen molar-refractivity contribution in [1.82, 2.24) is 9.03 Å². The summed E-state index contributed by atoms with van der Waals surface area (Å²) in [5, 5.41) is 1.72. The Kier molecular flexibility index (Phi) is 3.82. The number of anilines is 1. The lowest BCUT2D eigenvalue weighted by Crippen LogP contribution is -2.55. The van der Waals surface area contributed by atoms with Crippen LogP contribution in [-0.4, -0.2) is 31.6 Å². The summed E-state index contributed by atoms with van der Waals surface area (Å²) in [5.74, 6) is -2.35. The maximum Gasteiger partial charge on any atom is 0.280 e. The van der Waals surface area contributed by atoms with Gasteiger partial charge >= 0.3 is 0 Å². The first kappa shape index (κ1) is 13.2. The van der Waals surface area contributed by atoms with Gasteiger partial charge in [0, 0.05) is 23.0 Å². The molecule has 2 N–H and O–H groups in total. The summed E-state index contributed by atoms with van der Waals surface area (Å²) in [4.78, 5) is 13.1. The van der Waals surface area contributed by atoms with Crippen molar-refractivity contribution in [2.24, 2.45) is 0 Å². The average molecular weight is 489 g/mol. The monoisotopic (exact) mass is 487 g/mol. The predicted molar refractivity (Wildman–Crippen MR) is 103 cm³/mol. The molecule has 1 fully saturated rings. The van der Waals surface area contributed by atoms with Gasteiger partial charge in [0.2, 0.25) is 5.91 Å². The van der Waals surface area contributed by atoms with Crippen LogP contribution in [0.1, 0.15) is 25.5 Å². The maximum atomic E-state index is 13.4. The highest BCUT2D eigenvalue weighted by molar-refractivity contribution is 9.11. The molecule has 1 amide bonds. The molecule has 1 saturated heterocycles. The first-order chi connectivity index (χ1) is 14.5. The molecule has 3 atom stereocenters. The van der Waals surface area contributed by atoms with E-state index in [1.165, 1.54) is 12.1 Å². The Morgan fingerprint density at radius 3 is 2.96 bits per heavy atom. The second kappa shape index (κ2) is 7.53. The number of benzene rings is 1. The Labute approximate surface area is 176 Å². The van der Waals surface area contributed by atoms with E-state index in [2.05, 4.69) is 21.2 Å². The largest absolute Gasteiger partial charge is 0.325 e. The fourth-order valence-corrected chi connectivity index (χ4v) is 4.58. The van der Waals surface area contributed by atoms with E-state index >= 15 is 0 Å². The van der Waals surface area contributed by atoms with Gasteiger partial charge in [-0.15, -0.1) is 11.3 Å². The van der Waals surface area contributed by atoms with Gasteiger partial charge in [0.15, 0.2) is 0 Å². The maximum absolute atomic E-state index is 13.4. The lowest BCUT2D eigenvalue weighted by molar-refractivity contribution is -0.120. The number of likely N-dealkylation sites (N-methyl/N-ethyl adjacent to an activating group) is 1. The van der Waals surface area contributed by atoms with E-state index in [1.807, 2.05) is 4.72 Å². The number of carbonyl (C=O) groups excluding carboxylic acids is 1. The van der Waals surface area contributed by atoms with E-state index in [0.29, 0.717) is 3.79 Å². The van der Waals surface area contributed by atoms with Gasteiger partial charge in [-0.05, 0) is 52.7 Å². The number of nitrogens with one attached hydrogen (secondary N) is 2.